The minimum Gasteiger partial charge on any atom is -0.232 e. The minimum atomic E-state index is -0.141. The second-order valence-corrected chi connectivity index (χ2v) is 3.41. The second kappa shape index (κ2) is 6.39. The van der Waals surface area contributed by atoms with Crippen molar-refractivity contribution in [1.82, 2.24) is 0 Å². The van der Waals surface area contributed by atoms with Gasteiger partial charge in [0, 0.05) is 0 Å². The van der Waals surface area contributed by atoms with Gasteiger partial charge in [0.1, 0.15) is 6.61 Å². The zero-order valence-corrected chi connectivity index (χ0v) is 8.70. The number of hydrogen-bond donors (Lipinski definition) is 0. The molecule has 0 fully saturated rings. The normalized spacial score (nSPS) is 11.0. The molecule has 14 heavy (non-hydrogen) atoms. The first kappa shape index (κ1) is 11.0. The van der Waals surface area contributed by atoms with Crippen molar-refractivity contribution in [2.24, 2.45) is 0 Å². The number of aryl methyl sites for hydroxylation is 1. The van der Waals surface area contributed by atoms with Crippen LogP contribution in [0.5, 0.6) is 0 Å². The van der Waals surface area contributed by atoms with Crippen molar-refractivity contribution in [2.45, 2.75) is 26.2 Å². The second-order valence-electron chi connectivity index (χ2n) is 3.41. The maximum Gasteiger partial charge on any atom is 0.101 e. The van der Waals surface area contributed by atoms with Crippen LogP contribution in [0.1, 0.15) is 30.9 Å². The van der Waals surface area contributed by atoms with Gasteiger partial charge in [0.15, 0.2) is 0 Å². The van der Waals surface area contributed by atoms with Gasteiger partial charge in [-0.3, -0.25) is 0 Å². The summed E-state index contributed by atoms with van der Waals surface area (Å²) < 4.78 is 0. The lowest BCUT2D eigenvalue weighted by Crippen LogP contribution is -1.84. The van der Waals surface area contributed by atoms with Gasteiger partial charge < -0.3 is 0 Å². The molecule has 1 aromatic carbocycles. The maximum absolute atomic E-state index is 10.2. The lowest BCUT2D eigenvalue weighted by Gasteiger charge is -1.99. The van der Waals surface area contributed by atoms with E-state index in [1.165, 1.54) is 18.4 Å². The van der Waals surface area contributed by atoms with Gasteiger partial charge in [-0.05, 0) is 24.0 Å². The fraction of sp³-hybridized carbons (Fsp3) is 0.385. The summed E-state index contributed by atoms with van der Waals surface area (Å²) in [4.78, 5) is 0. The molecule has 0 atom stereocenters. The Morgan fingerprint density at radius 3 is 2.50 bits per heavy atom. The Morgan fingerprint density at radius 2 is 1.93 bits per heavy atom. The molecule has 0 aliphatic rings. The molecular weight excluding hydrogens is 172 g/mol. The summed E-state index contributed by atoms with van der Waals surface area (Å²) in [6, 6.07) is 8.41. The predicted octanol–water partition coefficient (Wildman–Crippen LogP) is 3.47. The van der Waals surface area contributed by atoms with E-state index >= 15 is 0 Å². The minimum absolute atomic E-state index is 0.141. The van der Waals surface area contributed by atoms with Crippen LogP contribution in [0.3, 0.4) is 0 Å². The molecule has 0 amide bonds. The van der Waals surface area contributed by atoms with Gasteiger partial charge in [0.05, 0.1) is 0 Å². The lowest BCUT2D eigenvalue weighted by molar-refractivity contribution is 0.233. The van der Waals surface area contributed by atoms with E-state index in [0.717, 1.165) is 12.0 Å². The van der Waals surface area contributed by atoms with Crippen molar-refractivity contribution >= 4 is 6.08 Å². The molecule has 0 aliphatic carbocycles. The summed E-state index contributed by atoms with van der Waals surface area (Å²) in [5, 5.41) is 10.2. The molecule has 1 aromatic rings. The number of hydrogen-bond acceptors (Lipinski definition) is 0. The van der Waals surface area contributed by atoms with Gasteiger partial charge in [-0.25, -0.2) is 5.11 Å². The summed E-state index contributed by atoms with van der Waals surface area (Å²) in [5.74, 6) is 0. The molecule has 1 rings (SSSR count). The molecule has 0 saturated heterocycles. The molecule has 0 aliphatic heterocycles. The van der Waals surface area contributed by atoms with E-state index in [0.29, 0.717) is 0 Å². The van der Waals surface area contributed by atoms with E-state index in [9.17, 15) is 5.11 Å². The van der Waals surface area contributed by atoms with Crippen LogP contribution in [0.4, 0.5) is 0 Å². The van der Waals surface area contributed by atoms with E-state index in [1.807, 2.05) is 6.08 Å². The van der Waals surface area contributed by atoms with Crippen molar-refractivity contribution in [3.05, 3.63) is 41.5 Å². The van der Waals surface area contributed by atoms with Gasteiger partial charge >= 0.3 is 0 Å². The maximum atomic E-state index is 10.2. The van der Waals surface area contributed by atoms with E-state index in [-0.39, 0.29) is 6.61 Å². The smallest absolute Gasteiger partial charge is 0.101 e. The van der Waals surface area contributed by atoms with Crippen LogP contribution < -0.4 is 0 Å². The van der Waals surface area contributed by atoms with Gasteiger partial charge in [-0.15, -0.1) is 0 Å². The molecule has 75 valence electrons. The Labute approximate surface area is 86.1 Å². The Hall–Kier alpha value is -1.08. The average molecular weight is 189 g/mol. The third-order valence-electron chi connectivity index (χ3n) is 2.21. The Bertz CT molecular complexity index is 272. The highest BCUT2D eigenvalue weighted by Crippen LogP contribution is 2.08. The third kappa shape index (κ3) is 3.75. The molecule has 0 bridgehead atoms. The number of rotatable bonds is 5. The molecule has 1 nitrogen and oxygen atoms in total. The topological polar surface area (TPSA) is 19.9 Å². The van der Waals surface area contributed by atoms with E-state index < -0.39 is 0 Å². The highest BCUT2D eigenvalue weighted by molar-refractivity contribution is 5.49. The lowest BCUT2D eigenvalue weighted by atomic mass is 10.1. The average Bonchev–Trinajstić information content (AvgIpc) is 2.25. The van der Waals surface area contributed by atoms with Crippen LogP contribution in [-0.2, 0) is 11.5 Å². The van der Waals surface area contributed by atoms with Gasteiger partial charge in [-0.2, -0.15) is 0 Å². The molecule has 0 aromatic heterocycles. The summed E-state index contributed by atoms with van der Waals surface area (Å²) in [6.07, 6.45) is 7.15. The third-order valence-corrected chi connectivity index (χ3v) is 2.21. The molecule has 0 saturated carbocycles. The monoisotopic (exact) mass is 189 g/mol. The molecule has 0 spiro atoms. The van der Waals surface area contributed by atoms with E-state index in [2.05, 4.69) is 31.2 Å². The van der Waals surface area contributed by atoms with Crippen molar-refractivity contribution < 1.29 is 5.11 Å². The van der Waals surface area contributed by atoms with Crippen molar-refractivity contribution in [1.29, 1.82) is 0 Å². The van der Waals surface area contributed by atoms with Crippen LogP contribution in [0.25, 0.3) is 6.08 Å². The largest absolute Gasteiger partial charge is 0.232 e. The molecule has 1 radical (unpaired) electrons. The number of unbranched alkanes of at least 4 members (excludes halogenated alkanes) is 1. The Kier molecular flexibility index (Phi) is 5.02. The van der Waals surface area contributed by atoms with Crippen LogP contribution in [0.15, 0.2) is 30.3 Å². The first-order valence-electron chi connectivity index (χ1n) is 5.20. The molecule has 0 unspecified atom stereocenters. The van der Waals surface area contributed by atoms with Crippen molar-refractivity contribution in [3.8, 4) is 0 Å². The van der Waals surface area contributed by atoms with Gasteiger partial charge in [-0.1, -0.05) is 49.8 Å². The van der Waals surface area contributed by atoms with Gasteiger partial charge in [0.2, 0.25) is 0 Å². The summed E-state index contributed by atoms with van der Waals surface area (Å²) in [6.45, 7) is 2.06. The highest BCUT2D eigenvalue weighted by atomic mass is 16.2. The van der Waals surface area contributed by atoms with Crippen molar-refractivity contribution in [3.63, 3.8) is 0 Å². The first-order chi connectivity index (χ1) is 6.86. The summed E-state index contributed by atoms with van der Waals surface area (Å²) in [7, 11) is 0. The molecule has 1 heteroatoms. The van der Waals surface area contributed by atoms with Crippen LogP contribution >= 0.6 is 0 Å². The van der Waals surface area contributed by atoms with E-state index in [1.54, 1.807) is 6.08 Å². The summed E-state index contributed by atoms with van der Waals surface area (Å²) in [5.41, 5.74) is 2.49. The van der Waals surface area contributed by atoms with Crippen molar-refractivity contribution in [2.75, 3.05) is 6.61 Å². The standard InChI is InChI=1S/C13H17O/c1-2-3-5-12-7-9-13(10-8-12)6-4-11-14/h4,6-10H,2-3,5,11H2,1H3. The predicted molar refractivity (Wildman–Crippen MR) is 59.6 cm³/mol. The fourth-order valence-corrected chi connectivity index (χ4v) is 1.36. The molecular formula is C13H17O. The van der Waals surface area contributed by atoms with Gasteiger partial charge in [0.25, 0.3) is 0 Å². The van der Waals surface area contributed by atoms with Crippen LogP contribution in [0.2, 0.25) is 0 Å². The van der Waals surface area contributed by atoms with Crippen LogP contribution in [-0.4, -0.2) is 6.61 Å². The zero-order valence-electron chi connectivity index (χ0n) is 8.70. The molecule has 0 N–H and O–H groups in total. The highest BCUT2D eigenvalue weighted by Gasteiger charge is 1.91. The molecule has 0 heterocycles. The van der Waals surface area contributed by atoms with Crippen LogP contribution in [0, 0.1) is 0 Å². The van der Waals surface area contributed by atoms with E-state index in [4.69, 9.17) is 0 Å². The SMILES string of the molecule is CCCCc1ccc(C=CC[O])cc1. The zero-order chi connectivity index (χ0) is 10.2. The number of benzene rings is 1. The summed E-state index contributed by atoms with van der Waals surface area (Å²) >= 11 is 0. The Balaban J connectivity index is 2.54. The fourth-order valence-electron chi connectivity index (χ4n) is 1.36. The first-order valence-corrected chi connectivity index (χ1v) is 5.20. The quantitative estimate of drug-likeness (QED) is 0.676. The Morgan fingerprint density at radius 1 is 1.21 bits per heavy atom.